The second-order valence-corrected chi connectivity index (χ2v) is 5.42. The molecule has 0 bridgehead atoms. The molecule has 1 amide bonds. The maximum absolute atomic E-state index is 11.3. The maximum Gasteiger partial charge on any atom is 0.411 e. The molecular weight excluding hydrogens is 308 g/mol. The van der Waals surface area contributed by atoms with E-state index in [0.29, 0.717) is 18.2 Å². The molecule has 1 aromatic heterocycles. The Kier molecular flexibility index (Phi) is 4.37. The van der Waals surface area contributed by atoms with Crippen LogP contribution >= 0.6 is 0 Å². The van der Waals surface area contributed by atoms with Crippen molar-refractivity contribution in [3.8, 4) is 5.75 Å². The molecule has 24 heavy (non-hydrogen) atoms. The van der Waals surface area contributed by atoms with Crippen LogP contribution in [0.1, 0.15) is 17.0 Å². The summed E-state index contributed by atoms with van der Waals surface area (Å²) in [6, 6.07) is 11.2. The molecule has 3 rings (SSSR count). The molecule has 1 heterocycles. The van der Waals surface area contributed by atoms with Crippen molar-refractivity contribution in [1.29, 1.82) is 0 Å². The van der Waals surface area contributed by atoms with Crippen LogP contribution in [0.3, 0.4) is 0 Å². The number of benzene rings is 2. The zero-order chi connectivity index (χ0) is 17.1. The number of amides is 1. The molecule has 3 aromatic rings. The van der Waals surface area contributed by atoms with Crippen LogP contribution in [0.4, 0.5) is 10.5 Å². The molecule has 6 nitrogen and oxygen atoms in total. The molecule has 1 N–H and O–H groups in total. The van der Waals surface area contributed by atoms with E-state index in [0.717, 1.165) is 28.0 Å². The Hall–Kier alpha value is -3.02. The van der Waals surface area contributed by atoms with Gasteiger partial charge in [-0.1, -0.05) is 6.07 Å². The molecule has 0 aliphatic heterocycles. The Balaban J connectivity index is 1.69. The minimum atomic E-state index is -0.497. The number of oxazole rings is 1. The minimum Gasteiger partial charge on any atom is -0.489 e. The molecular formula is C18H18N2O4. The highest BCUT2D eigenvalue weighted by Gasteiger charge is 2.07. The molecule has 0 atom stereocenters. The van der Waals surface area contributed by atoms with E-state index < -0.39 is 6.09 Å². The molecule has 6 heteroatoms. The third-order valence-corrected chi connectivity index (χ3v) is 3.58. The van der Waals surface area contributed by atoms with Crippen molar-refractivity contribution in [3.05, 3.63) is 53.4 Å². The number of hydrogen-bond donors (Lipinski definition) is 1. The Morgan fingerprint density at radius 2 is 2.04 bits per heavy atom. The largest absolute Gasteiger partial charge is 0.489 e. The highest BCUT2D eigenvalue weighted by atomic mass is 16.5. The van der Waals surface area contributed by atoms with Crippen molar-refractivity contribution in [2.45, 2.75) is 20.5 Å². The number of methoxy groups -OCH3 is 1. The first kappa shape index (κ1) is 15.9. The summed E-state index contributed by atoms with van der Waals surface area (Å²) < 4.78 is 15.9. The van der Waals surface area contributed by atoms with Crippen LogP contribution in [-0.2, 0) is 11.3 Å². The summed E-state index contributed by atoms with van der Waals surface area (Å²) in [5.41, 5.74) is 4.17. The summed E-state index contributed by atoms with van der Waals surface area (Å²) in [5.74, 6) is 1.37. The Morgan fingerprint density at radius 1 is 1.21 bits per heavy atom. The fraction of sp³-hybridized carbons (Fsp3) is 0.222. The van der Waals surface area contributed by atoms with Gasteiger partial charge < -0.3 is 13.9 Å². The monoisotopic (exact) mass is 326 g/mol. The summed E-state index contributed by atoms with van der Waals surface area (Å²) in [6.07, 6.45) is -0.497. The van der Waals surface area contributed by atoms with Gasteiger partial charge in [0, 0.05) is 12.6 Å². The van der Waals surface area contributed by atoms with E-state index in [1.165, 1.54) is 7.11 Å². The van der Waals surface area contributed by atoms with E-state index in [1.54, 1.807) is 12.1 Å². The lowest BCUT2D eigenvalue weighted by Crippen LogP contribution is -2.11. The molecule has 0 fully saturated rings. The van der Waals surface area contributed by atoms with Gasteiger partial charge in [-0.2, -0.15) is 0 Å². The van der Waals surface area contributed by atoms with Crippen molar-refractivity contribution >= 4 is 22.9 Å². The van der Waals surface area contributed by atoms with E-state index in [4.69, 9.17) is 9.15 Å². The predicted molar refractivity (Wildman–Crippen MR) is 90.3 cm³/mol. The third kappa shape index (κ3) is 3.48. The van der Waals surface area contributed by atoms with Crippen molar-refractivity contribution in [1.82, 2.24) is 4.98 Å². The van der Waals surface area contributed by atoms with Gasteiger partial charge in [0.25, 0.3) is 0 Å². The first-order valence-corrected chi connectivity index (χ1v) is 7.49. The maximum atomic E-state index is 11.3. The quantitative estimate of drug-likeness (QED) is 0.777. The first-order chi connectivity index (χ1) is 11.5. The molecule has 0 aliphatic rings. The number of carbonyl (C=O) groups is 1. The predicted octanol–water partition coefficient (Wildman–Crippen LogP) is 4.20. The summed E-state index contributed by atoms with van der Waals surface area (Å²) in [6.45, 7) is 4.14. The molecule has 0 aliphatic carbocycles. The normalized spacial score (nSPS) is 10.6. The van der Waals surface area contributed by atoms with Crippen LogP contribution in [0.25, 0.3) is 11.1 Å². The van der Waals surface area contributed by atoms with Crippen molar-refractivity contribution in [2.24, 2.45) is 0 Å². The zero-order valence-electron chi connectivity index (χ0n) is 13.8. The standard InChI is InChI=1S/C18H18N2O4/c1-11-8-14(5-6-15(11)20-18(21)22-3)23-10-13-4-7-17-16(9-13)19-12(2)24-17/h4-9H,10H2,1-3H3,(H,20,21). The summed E-state index contributed by atoms with van der Waals surface area (Å²) in [4.78, 5) is 15.6. The van der Waals surface area contributed by atoms with Crippen LogP contribution < -0.4 is 10.1 Å². The number of carbonyl (C=O) groups excluding carboxylic acids is 1. The van der Waals surface area contributed by atoms with E-state index in [9.17, 15) is 4.79 Å². The van der Waals surface area contributed by atoms with Crippen LogP contribution in [0.5, 0.6) is 5.75 Å². The number of fused-ring (bicyclic) bond motifs is 1. The molecule has 0 spiro atoms. The van der Waals surface area contributed by atoms with Gasteiger partial charge in [-0.05, 0) is 48.4 Å². The van der Waals surface area contributed by atoms with Crippen LogP contribution in [-0.4, -0.2) is 18.2 Å². The van der Waals surface area contributed by atoms with Gasteiger partial charge in [-0.15, -0.1) is 0 Å². The lowest BCUT2D eigenvalue weighted by molar-refractivity contribution is 0.187. The van der Waals surface area contributed by atoms with Gasteiger partial charge in [0.05, 0.1) is 7.11 Å². The third-order valence-electron chi connectivity index (χ3n) is 3.58. The minimum absolute atomic E-state index is 0.422. The number of rotatable bonds is 4. The smallest absolute Gasteiger partial charge is 0.411 e. The van der Waals surface area contributed by atoms with E-state index >= 15 is 0 Å². The molecule has 0 radical (unpaired) electrons. The Bertz CT molecular complexity index is 886. The first-order valence-electron chi connectivity index (χ1n) is 7.49. The lowest BCUT2D eigenvalue weighted by Gasteiger charge is -2.11. The number of nitrogens with one attached hydrogen (secondary N) is 1. The van der Waals surface area contributed by atoms with Crippen molar-refractivity contribution in [3.63, 3.8) is 0 Å². The SMILES string of the molecule is COC(=O)Nc1ccc(OCc2ccc3oc(C)nc3c2)cc1C. The van der Waals surface area contributed by atoms with Gasteiger partial charge in [0.2, 0.25) is 0 Å². The summed E-state index contributed by atoms with van der Waals surface area (Å²) >= 11 is 0. The highest BCUT2D eigenvalue weighted by Crippen LogP contribution is 2.23. The number of ether oxygens (including phenoxy) is 2. The van der Waals surface area contributed by atoms with Crippen LogP contribution in [0, 0.1) is 13.8 Å². The average Bonchev–Trinajstić information content (AvgIpc) is 2.94. The molecule has 124 valence electrons. The number of anilines is 1. The van der Waals surface area contributed by atoms with E-state index in [-0.39, 0.29) is 0 Å². The molecule has 0 saturated carbocycles. The van der Waals surface area contributed by atoms with Crippen molar-refractivity contribution in [2.75, 3.05) is 12.4 Å². The molecule has 2 aromatic carbocycles. The second-order valence-electron chi connectivity index (χ2n) is 5.42. The fourth-order valence-electron chi connectivity index (χ4n) is 2.37. The second kappa shape index (κ2) is 6.62. The molecule has 0 saturated heterocycles. The average molecular weight is 326 g/mol. The number of nitrogens with zero attached hydrogens (tertiary/aromatic N) is 1. The van der Waals surface area contributed by atoms with Gasteiger partial charge in [0.15, 0.2) is 11.5 Å². The zero-order valence-corrected chi connectivity index (χ0v) is 13.8. The van der Waals surface area contributed by atoms with Gasteiger partial charge >= 0.3 is 6.09 Å². The topological polar surface area (TPSA) is 73.6 Å². The van der Waals surface area contributed by atoms with Crippen LogP contribution in [0.15, 0.2) is 40.8 Å². The fourth-order valence-corrected chi connectivity index (χ4v) is 2.37. The number of aryl methyl sites for hydroxylation is 2. The number of aromatic nitrogens is 1. The van der Waals surface area contributed by atoms with Gasteiger partial charge in [0.1, 0.15) is 17.9 Å². The molecule has 0 unspecified atom stereocenters. The highest BCUT2D eigenvalue weighted by molar-refractivity contribution is 5.85. The van der Waals surface area contributed by atoms with Gasteiger partial charge in [-0.3, -0.25) is 5.32 Å². The summed E-state index contributed by atoms with van der Waals surface area (Å²) in [5, 5.41) is 2.65. The van der Waals surface area contributed by atoms with E-state index in [2.05, 4.69) is 15.0 Å². The Morgan fingerprint density at radius 3 is 2.79 bits per heavy atom. The summed E-state index contributed by atoms with van der Waals surface area (Å²) in [7, 11) is 1.33. The van der Waals surface area contributed by atoms with Gasteiger partial charge in [-0.25, -0.2) is 9.78 Å². The van der Waals surface area contributed by atoms with E-state index in [1.807, 2.05) is 38.1 Å². The number of hydrogen-bond acceptors (Lipinski definition) is 5. The lowest BCUT2D eigenvalue weighted by atomic mass is 10.2. The Labute approximate surface area is 139 Å². The van der Waals surface area contributed by atoms with Crippen LogP contribution in [0.2, 0.25) is 0 Å². The van der Waals surface area contributed by atoms with Crippen molar-refractivity contribution < 1.29 is 18.7 Å².